The van der Waals surface area contributed by atoms with Gasteiger partial charge >= 0.3 is 0 Å². The number of aromatic amines is 1. The maximum Gasteiger partial charge on any atom is 0.207 e. The highest BCUT2D eigenvalue weighted by Crippen LogP contribution is 2.47. The Morgan fingerprint density at radius 1 is 1.23 bits per heavy atom. The summed E-state index contributed by atoms with van der Waals surface area (Å²) in [7, 11) is 2.20. The molecule has 7 heteroatoms. The predicted molar refractivity (Wildman–Crippen MR) is 117 cm³/mol. The van der Waals surface area contributed by atoms with Crippen LogP contribution in [0.5, 0.6) is 0 Å². The van der Waals surface area contributed by atoms with Gasteiger partial charge in [-0.3, -0.25) is 4.79 Å². The van der Waals surface area contributed by atoms with Gasteiger partial charge in [-0.05, 0) is 44.9 Å². The van der Waals surface area contributed by atoms with E-state index in [2.05, 4.69) is 41.7 Å². The number of H-pyrrole nitrogens is 1. The minimum absolute atomic E-state index is 0.0538. The van der Waals surface area contributed by atoms with E-state index in [1.807, 2.05) is 12.1 Å². The molecule has 1 aliphatic carbocycles. The maximum atomic E-state index is 13.6. The fourth-order valence-electron chi connectivity index (χ4n) is 5.61. The standard InChI is InChI=1S/C23H23N5OS/c1-23(2)20-17(15-5-4-12(7-24)6-16(15)25-20)18(29)19-21(23)26-22(30-19)28-10-13-8-27(3)9-14(13)11-28/h4-6,13-14,25H,8-11H2,1-3H3. The topological polar surface area (TPSA) is 76.0 Å². The normalized spacial score (nSPS) is 24.7. The van der Waals surface area contributed by atoms with Crippen molar-refractivity contribution in [2.75, 3.05) is 38.1 Å². The van der Waals surface area contributed by atoms with Crippen LogP contribution in [-0.2, 0) is 5.41 Å². The summed E-state index contributed by atoms with van der Waals surface area (Å²) in [6, 6.07) is 7.67. The predicted octanol–water partition coefficient (Wildman–Crippen LogP) is 3.36. The molecule has 2 unspecified atom stereocenters. The van der Waals surface area contributed by atoms with Crippen molar-refractivity contribution >= 4 is 33.2 Å². The molecule has 2 atom stereocenters. The van der Waals surface area contributed by atoms with Gasteiger partial charge in [0.2, 0.25) is 5.78 Å². The molecule has 3 aromatic rings. The van der Waals surface area contributed by atoms with Crippen molar-refractivity contribution < 1.29 is 4.79 Å². The van der Waals surface area contributed by atoms with E-state index in [-0.39, 0.29) is 5.78 Å². The molecular weight excluding hydrogens is 394 g/mol. The number of carbonyl (C=O) groups excluding carboxylic acids is 1. The monoisotopic (exact) mass is 417 g/mol. The molecule has 1 N–H and O–H groups in total. The number of hydrogen-bond donors (Lipinski definition) is 1. The van der Waals surface area contributed by atoms with Crippen molar-refractivity contribution in [3.63, 3.8) is 0 Å². The van der Waals surface area contributed by atoms with Gasteiger partial charge in [-0.25, -0.2) is 4.98 Å². The summed E-state index contributed by atoms with van der Waals surface area (Å²) in [5.41, 5.74) is 3.55. The molecule has 3 aliphatic rings. The van der Waals surface area contributed by atoms with Crippen LogP contribution in [-0.4, -0.2) is 53.9 Å². The minimum Gasteiger partial charge on any atom is -0.357 e. The number of thiazole rings is 1. The van der Waals surface area contributed by atoms with Crippen molar-refractivity contribution in [3.05, 3.63) is 45.6 Å². The van der Waals surface area contributed by atoms with E-state index < -0.39 is 5.41 Å². The average molecular weight is 418 g/mol. The molecule has 152 valence electrons. The number of fused-ring (bicyclic) bond motifs is 5. The molecular formula is C23H23N5OS. The number of ketones is 1. The largest absolute Gasteiger partial charge is 0.357 e. The number of aromatic nitrogens is 2. The first-order chi connectivity index (χ1) is 14.4. The lowest BCUT2D eigenvalue weighted by molar-refractivity contribution is 0.103. The summed E-state index contributed by atoms with van der Waals surface area (Å²) in [5, 5.41) is 11.1. The van der Waals surface area contributed by atoms with Gasteiger partial charge in [-0.15, -0.1) is 0 Å². The highest BCUT2D eigenvalue weighted by Gasteiger charge is 2.45. The Labute approximate surface area is 179 Å². The van der Waals surface area contributed by atoms with Gasteiger partial charge in [0.25, 0.3) is 0 Å². The van der Waals surface area contributed by atoms with Gasteiger partial charge in [0, 0.05) is 48.2 Å². The molecule has 0 bridgehead atoms. The van der Waals surface area contributed by atoms with E-state index in [0.717, 1.165) is 64.0 Å². The number of nitrogens with one attached hydrogen (secondary N) is 1. The van der Waals surface area contributed by atoms with Gasteiger partial charge < -0.3 is 14.8 Å². The zero-order valence-corrected chi connectivity index (χ0v) is 18.1. The lowest BCUT2D eigenvalue weighted by atomic mass is 9.77. The van der Waals surface area contributed by atoms with E-state index in [0.29, 0.717) is 17.4 Å². The van der Waals surface area contributed by atoms with Gasteiger partial charge in [0.15, 0.2) is 5.13 Å². The molecule has 2 aliphatic heterocycles. The van der Waals surface area contributed by atoms with Crippen LogP contribution < -0.4 is 4.90 Å². The maximum absolute atomic E-state index is 13.6. The van der Waals surface area contributed by atoms with Crippen LogP contribution in [0, 0.1) is 23.2 Å². The number of hydrogen-bond acceptors (Lipinski definition) is 6. The first-order valence-corrected chi connectivity index (χ1v) is 11.2. The smallest absolute Gasteiger partial charge is 0.207 e. The Bertz CT molecular complexity index is 1250. The fourth-order valence-corrected chi connectivity index (χ4v) is 6.80. The Hall–Kier alpha value is -2.69. The number of likely N-dealkylation sites (tertiary alicyclic amines) is 1. The van der Waals surface area contributed by atoms with Crippen LogP contribution in [0.4, 0.5) is 5.13 Å². The first-order valence-electron chi connectivity index (χ1n) is 10.4. The van der Waals surface area contributed by atoms with E-state index >= 15 is 0 Å². The second kappa shape index (κ2) is 5.93. The zero-order valence-electron chi connectivity index (χ0n) is 17.3. The third-order valence-corrected chi connectivity index (χ3v) is 8.25. The molecule has 2 saturated heterocycles. The van der Waals surface area contributed by atoms with Crippen molar-refractivity contribution in [1.29, 1.82) is 5.26 Å². The summed E-state index contributed by atoms with van der Waals surface area (Å²) in [6.45, 7) is 8.63. The minimum atomic E-state index is -0.394. The molecule has 30 heavy (non-hydrogen) atoms. The van der Waals surface area contributed by atoms with E-state index in [1.54, 1.807) is 17.4 Å². The number of carbonyl (C=O) groups is 1. The first kappa shape index (κ1) is 18.1. The molecule has 0 radical (unpaired) electrons. The fraction of sp³-hybridized carbons (Fsp3) is 0.435. The average Bonchev–Trinajstić information content (AvgIpc) is 3.45. The van der Waals surface area contributed by atoms with Gasteiger partial charge in [-0.2, -0.15) is 5.26 Å². The molecule has 4 heterocycles. The third kappa shape index (κ3) is 2.32. The SMILES string of the molecule is CN1CC2CN(c3nc4c(s3)C(=O)c3c([nH]c5cc(C#N)ccc35)C4(C)C)CC2C1. The molecule has 0 amide bonds. The number of anilines is 1. The van der Waals surface area contributed by atoms with Crippen molar-refractivity contribution in [2.45, 2.75) is 19.3 Å². The Morgan fingerprint density at radius 3 is 2.67 bits per heavy atom. The van der Waals surface area contributed by atoms with Gasteiger partial charge in [0.05, 0.1) is 22.9 Å². The third-order valence-electron chi connectivity index (χ3n) is 7.13. The molecule has 6 rings (SSSR count). The summed E-state index contributed by atoms with van der Waals surface area (Å²) in [6.07, 6.45) is 0. The van der Waals surface area contributed by atoms with Crippen LogP contribution in [0.15, 0.2) is 18.2 Å². The zero-order chi connectivity index (χ0) is 20.8. The second-order valence-electron chi connectivity index (χ2n) is 9.52. The number of rotatable bonds is 1. The van der Waals surface area contributed by atoms with Crippen molar-refractivity contribution in [3.8, 4) is 6.07 Å². The molecule has 2 aromatic heterocycles. The lowest BCUT2D eigenvalue weighted by Gasteiger charge is -2.28. The van der Waals surface area contributed by atoms with Crippen LogP contribution in [0.25, 0.3) is 10.9 Å². The molecule has 0 spiro atoms. The number of nitriles is 1. The van der Waals surface area contributed by atoms with Crippen LogP contribution in [0.3, 0.4) is 0 Å². The van der Waals surface area contributed by atoms with E-state index in [4.69, 9.17) is 4.98 Å². The quantitative estimate of drug-likeness (QED) is 0.657. The Kier molecular flexibility index (Phi) is 3.58. The summed E-state index contributed by atoms with van der Waals surface area (Å²) >= 11 is 1.55. The van der Waals surface area contributed by atoms with Crippen LogP contribution >= 0.6 is 11.3 Å². The van der Waals surface area contributed by atoms with E-state index in [1.165, 1.54) is 0 Å². The Morgan fingerprint density at radius 2 is 1.97 bits per heavy atom. The highest BCUT2D eigenvalue weighted by molar-refractivity contribution is 7.18. The summed E-state index contributed by atoms with van der Waals surface area (Å²) in [4.78, 5) is 27.6. The number of benzene rings is 1. The second-order valence-corrected chi connectivity index (χ2v) is 10.5. The summed E-state index contributed by atoms with van der Waals surface area (Å²) in [5.74, 6) is 1.45. The van der Waals surface area contributed by atoms with Crippen molar-refractivity contribution in [1.82, 2.24) is 14.9 Å². The van der Waals surface area contributed by atoms with E-state index in [9.17, 15) is 10.1 Å². The van der Waals surface area contributed by atoms with Crippen molar-refractivity contribution in [2.24, 2.45) is 11.8 Å². The molecule has 6 nitrogen and oxygen atoms in total. The molecule has 0 saturated carbocycles. The van der Waals surface area contributed by atoms with Crippen LogP contribution in [0.1, 0.15) is 46.0 Å². The van der Waals surface area contributed by atoms with Gasteiger partial charge in [-0.1, -0.05) is 17.4 Å². The number of nitrogens with zero attached hydrogens (tertiary/aromatic N) is 4. The summed E-state index contributed by atoms with van der Waals surface area (Å²) < 4.78 is 0. The Balaban J connectivity index is 1.43. The molecule has 1 aromatic carbocycles. The highest BCUT2D eigenvalue weighted by atomic mass is 32.1. The molecule has 2 fully saturated rings. The van der Waals surface area contributed by atoms with Gasteiger partial charge in [0.1, 0.15) is 4.88 Å². The lowest BCUT2D eigenvalue weighted by Crippen LogP contribution is -2.30. The van der Waals surface area contributed by atoms with Crippen LogP contribution in [0.2, 0.25) is 0 Å².